The summed E-state index contributed by atoms with van der Waals surface area (Å²) >= 11 is 7.78. The van der Waals surface area contributed by atoms with E-state index < -0.39 is 46.6 Å². The summed E-state index contributed by atoms with van der Waals surface area (Å²) in [6.07, 6.45) is 0.954. The van der Waals surface area contributed by atoms with Crippen LogP contribution in [0.3, 0.4) is 0 Å². The Labute approximate surface area is 271 Å². The van der Waals surface area contributed by atoms with Crippen molar-refractivity contribution in [3.8, 4) is 28.7 Å². The molecule has 1 aromatic heterocycles. The summed E-state index contributed by atoms with van der Waals surface area (Å²) in [6, 6.07) is 6.30. The second-order valence-electron chi connectivity index (χ2n) is 10.8. The Balaban J connectivity index is 1.40. The quantitative estimate of drug-likeness (QED) is 0.298. The van der Waals surface area contributed by atoms with Crippen LogP contribution in [0.15, 0.2) is 47.2 Å². The molecule has 3 N–H and O–H groups in total. The molecule has 0 saturated heterocycles. The molecule has 15 heteroatoms. The van der Waals surface area contributed by atoms with E-state index in [9.17, 15) is 24.3 Å². The van der Waals surface area contributed by atoms with Crippen LogP contribution in [0, 0.1) is 5.92 Å². The van der Waals surface area contributed by atoms with Crippen molar-refractivity contribution in [1.82, 2.24) is 10.3 Å². The van der Waals surface area contributed by atoms with Crippen molar-refractivity contribution < 1.29 is 48.0 Å². The number of halogens is 1. The second kappa shape index (κ2) is 12.2. The molecule has 2 aliphatic heterocycles. The van der Waals surface area contributed by atoms with Crippen LogP contribution in [0.1, 0.15) is 41.6 Å². The number of hydrogen-bond acceptors (Lipinski definition) is 12. The summed E-state index contributed by atoms with van der Waals surface area (Å²) in [6.45, 7) is 1.22. The van der Waals surface area contributed by atoms with E-state index in [1.54, 1.807) is 30.5 Å². The predicted octanol–water partition coefficient (Wildman–Crippen LogP) is 4.21. The summed E-state index contributed by atoms with van der Waals surface area (Å²) in [5.74, 6) is -3.75. The molecule has 0 saturated carbocycles. The third-order valence-electron chi connectivity index (χ3n) is 8.17. The van der Waals surface area contributed by atoms with Gasteiger partial charge in [-0.3, -0.25) is 19.2 Å². The molecule has 2 aromatic carbocycles. The number of nitrogens with zero attached hydrogens (tertiary/aromatic N) is 1. The van der Waals surface area contributed by atoms with Crippen LogP contribution in [-0.2, 0) is 14.4 Å². The number of hydrogen-bond donors (Lipinski definition) is 3. The summed E-state index contributed by atoms with van der Waals surface area (Å²) in [5.41, 5.74) is -1.83. The number of aromatic nitrogens is 1. The van der Waals surface area contributed by atoms with Crippen molar-refractivity contribution >= 4 is 51.5 Å². The molecule has 1 aliphatic carbocycles. The van der Waals surface area contributed by atoms with Crippen LogP contribution >= 0.6 is 22.9 Å². The van der Waals surface area contributed by atoms with E-state index in [1.807, 2.05) is 0 Å². The SMILES string of the molecule is COc1cc(OC)c2c(c1Cl)OC1(C2=O)C(O)=C(C(CC(=O)NCC(=O)Nc2nccs2)c2ccc3c(c2)OCO3)C(=O)CC1C. The molecule has 13 nitrogen and oxygen atoms in total. The number of fused-ring (bicyclic) bond motifs is 2. The smallest absolute Gasteiger partial charge is 0.245 e. The number of methoxy groups -OCH3 is 2. The van der Waals surface area contributed by atoms with Gasteiger partial charge in [0.05, 0.1) is 20.8 Å². The summed E-state index contributed by atoms with van der Waals surface area (Å²) < 4.78 is 28.0. The highest BCUT2D eigenvalue weighted by Gasteiger charge is 2.61. The van der Waals surface area contributed by atoms with Crippen molar-refractivity contribution in [2.24, 2.45) is 5.92 Å². The van der Waals surface area contributed by atoms with Gasteiger partial charge < -0.3 is 39.4 Å². The molecule has 3 aromatic rings. The van der Waals surface area contributed by atoms with Crippen LogP contribution in [0.2, 0.25) is 5.02 Å². The number of aliphatic hydroxyl groups excluding tert-OH is 1. The zero-order valence-corrected chi connectivity index (χ0v) is 26.4. The number of Topliss-reactive ketones (excluding diaryl/α,β-unsaturated/α-hetero) is 2. The lowest BCUT2D eigenvalue weighted by Crippen LogP contribution is -2.53. The highest BCUT2D eigenvalue weighted by atomic mass is 35.5. The minimum Gasteiger partial charge on any atom is -0.507 e. The Morgan fingerprint density at radius 2 is 1.91 bits per heavy atom. The Morgan fingerprint density at radius 1 is 1.15 bits per heavy atom. The number of benzene rings is 2. The van der Waals surface area contributed by atoms with Crippen LogP contribution in [-0.4, -0.2) is 66.6 Å². The molecule has 1 spiro atoms. The number of ether oxygens (including phenoxy) is 5. The molecule has 240 valence electrons. The number of rotatable bonds is 9. The average molecular weight is 670 g/mol. The number of carbonyl (C=O) groups is 4. The van der Waals surface area contributed by atoms with Crippen LogP contribution in [0.4, 0.5) is 5.13 Å². The highest BCUT2D eigenvalue weighted by molar-refractivity contribution is 7.13. The van der Waals surface area contributed by atoms with E-state index in [4.69, 9.17) is 35.3 Å². The number of aliphatic hydroxyl groups is 1. The first-order valence-electron chi connectivity index (χ1n) is 14.1. The Hall–Kier alpha value is -4.82. The fraction of sp³-hybridized carbons (Fsp3) is 0.323. The van der Waals surface area contributed by atoms with E-state index in [-0.39, 0.29) is 59.6 Å². The Kier molecular flexibility index (Phi) is 8.25. The minimum atomic E-state index is -2.05. The van der Waals surface area contributed by atoms with Crippen molar-refractivity contribution in [3.05, 3.63) is 63.3 Å². The maximum absolute atomic E-state index is 14.2. The molecular formula is C31H28ClN3O10S. The number of carbonyl (C=O) groups excluding carboxylic acids is 4. The van der Waals surface area contributed by atoms with E-state index in [1.165, 1.54) is 37.8 Å². The average Bonchev–Trinajstić information content (AvgIpc) is 3.79. The van der Waals surface area contributed by atoms with E-state index in [0.29, 0.717) is 22.2 Å². The molecule has 3 atom stereocenters. The van der Waals surface area contributed by atoms with E-state index in [0.717, 1.165) is 0 Å². The Morgan fingerprint density at radius 3 is 2.63 bits per heavy atom. The minimum absolute atomic E-state index is 0.00954. The molecular weight excluding hydrogens is 642 g/mol. The normalized spacial score (nSPS) is 20.3. The lowest BCUT2D eigenvalue weighted by Gasteiger charge is -2.38. The molecule has 0 fully saturated rings. The second-order valence-corrected chi connectivity index (χ2v) is 12.1. The van der Waals surface area contributed by atoms with Gasteiger partial charge in [-0.25, -0.2) is 4.98 Å². The fourth-order valence-electron chi connectivity index (χ4n) is 5.94. The van der Waals surface area contributed by atoms with Gasteiger partial charge >= 0.3 is 0 Å². The van der Waals surface area contributed by atoms with Crippen molar-refractivity contribution in [1.29, 1.82) is 0 Å². The van der Waals surface area contributed by atoms with Gasteiger partial charge in [0.15, 0.2) is 33.9 Å². The van der Waals surface area contributed by atoms with Gasteiger partial charge in [0.25, 0.3) is 0 Å². The summed E-state index contributed by atoms with van der Waals surface area (Å²) in [4.78, 5) is 57.7. The number of thiazole rings is 1. The maximum Gasteiger partial charge on any atom is 0.245 e. The number of anilines is 1. The number of allylic oxidation sites excluding steroid dienone is 1. The maximum atomic E-state index is 14.2. The van der Waals surface area contributed by atoms with Crippen molar-refractivity contribution in [3.63, 3.8) is 0 Å². The molecule has 6 rings (SSSR count). The van der Waals surface area contributed by atoms with E-state index in [2.05, 4.69) is 15.6 Å². The van der Waals surface area contributed by atoms with Crippen LogP contribution in [0.25, 0.3) is 0 Å². The van der Waals surface area contributed by atoms with Crippen molar-refractivity contribution in [2.45, 2.75) is 31.3 Å². The molecule has 0 bridgehead atoms. The zero-order chi connectivity index (χ0) is 32.7. The molecule has 2 amide bonds. The first kappa shape index (κ1) is 31.2. The summed E-state index contributed by atoms with van der Waals surface area (Å²) in [7, 11) is 2.75. The molecule has 3 aliphatic rings. The first-order chi connectivity index (χ1) is 22.1. The number of amides is 2. The number of ketones is 2. The molecule has 3 unspecified atom stereocenters. The fourth-order valence-corrected chi connectivity index (χ4v) is 6.75. The van der Waals surface area contributed by atoms with Crippen molar-refractivity contribution in [2.75, 3.05) is 32.9 Å². The van der Waals surface area contributed by atoms with Gasteiger partial charge in [-0.05, 0) is 17.7 Å². The lowest BCUT2D eigenvalue weighted by molar-refractivity contribution is -0.124. The van der Waals surface area contributed by atoms with Gasteiger partial charge in [-0.2, -0.15) is 0 Å². The highest BCUT2D eigenvalue weighted by Crippen LogP contribution is 2.56. The largest absolute Gasteiger partial charge is 0.507 e. The topological polar surface area (TPSA) is 172 Å². The number of nitrogens with one attached hydrogen (secondary N) is 2. The Bertz CT molecular complexity index is 1790. The summed E-state index contributed by atoms with van der Waals surface area (Å²) in [5, 5.41) is 19.2. The van der Waals surface area contributed by atoms with Gasteiger partial charge in [-0.15, -0.1) is 11.3 Å². The van der Waals surface area contributed by atoms with Gasteiger partial charge in [0.2, 0.25) is 30.0 Å². The third kappa shape index (κ3) is 5.16. The van der Waals surface area contributed by atoms with Gasteiger partial charge in [0.1, 0.15) is 22.1 Å². The molecule has 0 radical (unpaired) electrons. The van der Waals surface area contributed by atoms with Crippen LogP contribution in [0.5, 0.6) is 28.7 Å². The van der Waals surface area contributed by atoms with Crippen LogP contribution < -0.4 is 34.3 Å². The molecule has 46 heavy (non-hydrogen) atoms. The predicted molar refractivity (Wildman–Crippen MR) is 164 cm³/mol. The monoisotopic (exact) mass is 669 g/mol. The van der Waals surface area contributed by atoms with E-state index >= 15 is 0 Å². The standard InChI is InChI=1S/C31H28ClN3O10S/c1-14-8-17(36)24(28(39)31(14)29(40)25-20(41-2)11-21(42-3)26(32)27(25)45-31)16(15-4-5-18-19(9-15)44-13-43-18)10-22(37)34-12-23(38)35-30-33-6-7-46-30/h4-7,9,11,14,16,39H,8,10,12-13H2,1-3H3,(H,34,37)(H,33,35,38). The van der Waals surface area contributed by atoms with Gasteiger partial charge in [-0.1, -0.05) is 24.6 Å². The zero-order valence-electron chi connectivity index (χ0n) is 24.8. The third-order valence-corrected chi connectivity index (χ3v) is 9.22. The first-order valence-corrected chi connectivity index (χ1v) is 15.3. The van der Waals surface area contributed by atoms with Gasteiger partial charge in [0, 0.05) is 47.9 Å². The lowest BCUT2D eigenvalue weighted by atomic mass is 9.69. The molecule has 3 heterocycles.